The summed E-state index contributed by atoms with van der Waals surface area (Å²) in [6.07, 6.45) is 0. The first-order valence-electron chi connectivity index (χ1n) is 5.56. The van der Waals surface area contributed by atoms with Gasteiger partial charge in [-0.05, 0) is 24.3 Å². The summed E-state index contributed by atoms with van der Waals surface area (Å²) in [5.41, 5.74) is 0.203. The van der Waals surface area contributed by atoms with Crippen LogP contribution < -0.4 is 5.32 Å². The van der Waals surface area contributed by atoms with Crippen molar-refractivity contribution in [1.82, 2.24) is 0 Å². The zero-order valence-corrected chi connectivity index (χ0v) is 10.1. The molecule has 0 unspecified atom stereocenters. The summed E-state index contributed by atoms with van der Waals surface area (Å²) in [6.45, 7) is 0. The summed E-state index contributed by atoms with van der Waals surface area (Å²) in [4.78, 5) is 21.1. The van der Waals surface area contributed by atoms with E-state index in [2.05, 4.69) is 5.32 Å². The Morgan fingerprint density at radius 2 is 1.90 bits per heavy atom. The van der Waals surface area contributed by atoms with E-state index in [4.69, 9.17) is 5.11 Å². The fraction of sp³-hybridized carbons (Fsp3) is 0. The molecular formula is C13H10N2O5. The van der Waals surface area contributed by atoms with E-state index in [1.165, 1.54) is 18.2 Å². The lowest BCUT2D eigenvalue weighted by Gasteiger charge is -2.09. The van der Waals surface area contributed by atoms with E-state index in [0.717, 1.165) is 6.07 Å². The molecule has 0 amide bonds. The number of nitrogens with one attached hydrogen (secondary N) is 1. The number of hydrogen-bond acceptors (Lipinski definition) is 5. The van der Waals surface area contributed by atoms with Crippen molar-refractivity contribution in [3.63, 3.8) is 0 Å². The number of hydrogen-bond donors (Lipinski definition) is 3. The first-order chi connectivity index (χ1) is 9.49. The summed E-state index contributed by atoms with van der Waals surface area (Å²) in [5.74, 6) is -1.56. The standard InChI is InChI=1S/C13H10N2O5/c16-12-6-5-8(7-11(12)15(19)20)14-10-4-2-1-3-9(10)13(17)18/h1-7,14,16H,(H,17,18). The number of aromatic carboxylic acids is 1. The summed E-state index contributed by atoms with van der Waals surface area (Å²) in [6, 6.07) is 9.90. The van der Waals surface area contributed by atoms with E-state index in [9.17, 15) is 20.0 Å². The monoisotopic (exact) mass is 274 g/mol. The van der Waals surface area contributed by atoms with Crippen LogP contribution in [0.5, 0.6) is 5.75 Å². The van der Waals surface area contributed by atoms with E-state index in [1.807, 2.05) is 0 Å². The van der Waals surface area contributed by atoms with Gasteiger partial charge in [0.05, 0.1) is 16.2 Å². The predicted molar refractivity (Wildman–Crippen MR) is 71.4 cm³/mol. The molecule has 0 atom stereocenters. The molecule has 3 N–H and O–H groups in total. The fourth-order valence-electron chi connectivity index (χ4n) is 1.68. The van der Waals surface area contributed by atoms with Crippen LogP contribution in [-0.2, 0) is 0 Å². The molecule has 0 saturated carbocycles. The molecular weight excluding hydrogens is 264 g/mol. The van der Waals surface area contributed by atoms with Crippen molar-refractivity contribution >= 4 is 23.0 Å². The Morgan fingerprint density at radius 3 is 2.55 bits per heavy atom. The number of anilines is 2. The molecule has 2 aromatic rings. The normalized spacial score (nSPS) is 10.0. The molecule has 0 fully saturated rings. The third-order valence-corrected chi connectivity index (χ3v) is 2.61. The molecule has 2 aromatic carbocycles. The van der Waals surface area contributed by atoms with E-state index in [-0.39, 0.29) is 5.56 Å². The number of carbonyl (C=O) groups is 1. The molecule has 0 spiro atoms. The third-order valence-electron chi connectivity index (χ3n) is 2.61. The molecule has 102 valence electrons. The lowest BCUT2D eigenvalue weighted by atomic mass is 10.1. The molecule has 0 aliphatic heterocycles. The molecule has 0 heterocycles. The minimum absolute atomic E-state index is 0.0447. The Kier molecular flexibility index (Phi) is 3.52. The van der Waals surface area contributed by atoms with Crippen molar-refractivity contribution in [1.29, 1.82) is 0 Å². The first kappa shape index (κ1) is 13.3. The Balaban J connectivity index is 2.38. The average Bonchev–Trinajstić information content (AvgIpc) is 2.41. The number of aromatic hydroxyl groups is 1. The molecule has 0 aliphatic rings. The van der Waals surface area contributed by atoms with E-state index >= 15 is 0 Å². The maximum Gasteiger partial charge on any atom is 0.337 e. The van der Waals surface area contributed by atoms with Gasteiger partial charge in [0, 0.05) is 11.8 Å². The van der Waals surface area contributed by atoms with Crippen molar-refractivity contribution < 1.29 is 19.9 Å². The Morgan fingerprint density at radius 1 is 1.20 bits per heavy atom. The second kappa shape index (κ2) is 5.27. The van der Waals surface area contributed by atoms with Gasteiger partial charge in [0.25, 0.3) is 0 Å². The van der Waals surface area contributed by atoms with Gasteiger partial charge in [-0.3, -0.25) is 10.1 Å². The third kappa shape index (κ3) is 2.66. The molecule has 7 nitrogen and oxygen atoms in total. The zero-order valence-electron chi connectivity index (χ0n) is 10.1. The van der Waals surface area contributed by atoms with Crippen molar-refractivity contribution in [2.24, 2.45) is 0 Å². The van der Waals surface area contributed by atoms with Crippen LogP contribution in [0.1, 0.15) is 10.4 Å². The highest BCUT2D eigenvalue weighted by Crippen LogP contribution is 2.30. The summed E-state index contributed by atoms with van der Waals surface area (Å²) in [7, 11) is 0. The Bertz CT molecular complexity index is 684. The van der Waals surface area contributed by atoms with Gasteiger partial charge in [-0.2, -0.15) is 0 Å². The van der Waals surface area contributed by atoms with Crippen LogP contribution in [0.2, 0.25) is 0 Å². The molecule has 0 aliphatic carbocycles. The van der Waals surface area contributed by atoms with Gasteiger partial charge in [0.2, 0.25) is 0 Å². The average molecular weight is 274 g/mol. The molecule has 0 bridgehead atoms. The number of para-hydroxylation sites is 1. The molecule has 20 heavy (non-hydrogen) atoms. The number of phenolic OH excluding ortho intramolecular Hbond substituents is 1. The van der Waals surface area contributed by atoms with Crippen LogP contribution in [-0.4, -0.2) is 21.1 Å². The van der Waals surface area contributed by atoms with Crippen LogP contribution in [0.3, 0.4) is 0 Å². The number of nitrogens with zero attached hydrogens (tertiary/aromatic N) is 1. The fourth-order valence-corrected chi connectivity index (χ4v) is 1.68. The SMILES string of the molecule is O=C(O)c1ccccc1Nc1ccc(O)c([N+](=O)[O-])c1. The maximum atomic E-state index is 11.1. The van der Waals surface area contributed by atoms with Gasteiger partial charge < -0.3 is 15.5 Å². The number of rotatable bonds is 4. The topological polar surface area (TPSA) is 113 Å². The van der Waals surface area contributed by atoms with Crippen LogP contribution in [0, 0.1) is 10.1 Å². The molecule has 7 heteroatoms. The van der Waals surface area contributed by atoms with E-state index < -0.39 is 22.3 Å². The highest BCUT2D eigenvalue weighted by atomic mass is 16.6. The Hall–Kier alpha value is -3.09. The highest BCUT2D eigenvalue weighted by Gasteiger charge is 2.15. The summed E-state index contributed by atoms with van der Waals surface area (Å²) < 4.78 is 0. The van der Waals surface area contributed by atoms with E-state index in [1.54, 1.807) is 18.2 Å². The van der Waals surface area contributed by atoms with Gasteiger partial charge in [-0.1, -0.05) is 12.1 Å². The van der Waals surface area contributed by atoms with Crippen molar-refractivity contribution in [3.8, 4) is 5.75 Å². The summed E-state index contributed by atoms with van der Waals surface area (Å²) >= 11 is 0. The highest BCUT2D eigenvalue weighted by molar-refractivity contribution is 5.95. The quantitative estimate of drug-likeness (QED) is 0.449. The lowest BCUT2D eigenvalue weighted by molar-refractivity contribution is -0.385. The first-order valence-corrected chi connectivity index (χ1v) is 5.56. The van der Waals surface area contributed by atoms with Gasteiger partial charge in [-0.25, -0.2) is 4.79 Å². The molecule has 0 saturated heterocycles. The Labute approximate surface area is 113 Å². The van der Waals surface area contributed by atoms with Crippen LogP contribution >= 0.6 is 0 Å². The number of carboxylic acid groups (broad SMARTS) is 1. The zero-order chi connectivity index (χ0) is 14.7. The second-order valence-corrected chi connectivity index (χ2v) is 3.94. The van der Waals surface area contributed by atoms with Crippen LogP contribution in [0.15, 0.2) is 42.5 Å². The largest absolute Gasteiger partial charge is 0.502 e. The maximum absolute atomic E-state index is 11.1. The molecule has 0 aromatic heterocycles. The second-order valence-electron chi connectivity index (χ2n) is 3.94. The number of phenols is 1. The predicted octanol–water partition coefficient (Wildman–Crippen LogP) is 2.74. The van der Waals surface area contributed by atoms with Crippen molar-refractivity contribution in [2.45, 2.75) is 0 Å². The van der Waals surface area contributed by atoms with Crippen molar-refractivity contribution in [2.75, 3.05) is 5.32 Å². The number of benzene rings is 2. The molecule has 2 rings (SSSR count). The minimum atomic E-state index is -1.11. The van der Waals surface area contributed by atoms with Crippen LogP contribution in [0.25, 0.3) is 0 Å². The van der Waals surface area contributed by atoms with E-state index in [0.29, 0.717) is 11.4 Å². The smallest absolute Gasteiger partial charge is 0.337 e. The van der Waals surface area contributed by atoms with Gasteiger partial charge in [-0.15, -0.1) is 0 Å². The molecule has 0 radical (unpaired) electrons. The lowest BCUT2D eigenvalue weighted by Crippen LogP contribution is -2.02. The number of carboxylic acids is 1. The van der Waals surface area contributed by atoms with Crippen LogP contribution in [0.4, 0.5) is 17.1 Å². The number of nitro benzene ring substituents is 1. The van der Waals surface area contributed by atoms with Gasteiger partial charge >= 0.3 is 11.7 Å². The van der Waals surface area contributed by atoms with Gasteiger partial charge in [0.15, 0.2) is 5.75 Å². The number of nitro groups is 1. The minimum Gasteiger partial charge on any atom is -0.502 e. The van der Waals surface area contributed by atoms with Gasteiger partial charge in [0.1, 0.15) is 0 Å². The summed E-state index contributed by atoms with van der Waals surface area (Å²) in [5, 5.41) is 31.9. The van der Waals surface area contributed by atoms with Crippen molar-refractivity contribution in [3.05, 3.63) is 58.1 Å².